The Morgan fingerprint density at radius 2 is 1.84 bits per heavy atom. The van der Waals surface area contributed by atoms with Crippen molar-refractivity contribution in [3.8, 4) is 0 Å². The van der Waals surface area contributed by atoms with Gasteiger partial charge in [0.1, 0.15) is 5.76 Å². The molecule has 0 bridgehead atoms. The van der Waals surface area contributed by atoms with Crippen molar-refractivity contribution in [3.63, 3.8) is 0 Å². The largest absolute Gasteiger partial charge is 0.467 e. The zero-order valence-corrected chi connectivity index (χ0v) is 14.1. The van der Waals surface area contributed by atoms with Crippen LogP contribution in [0.25, 0.3) is 10.2 Å². The third kappa shape index (κ3) is 3.39. The highest BCUT2D eigenvalue weighted by atomic mass is 32.1. The first-order valence-electron chi connectivity index (χ1n) is 7.81. The number of amides is 2. The summed E-state index contributed by atoms with van der Waals surface area (Å²) < 4.78 is 6.45. The standard InChI is InChI=1S/C19H15N3O2S/c23-18(20-14-7-2-1-3-8-14)22(13-15-9-6-12-24-15)19-21-16-10-4-5-11-17(16)25-19/h1-12H,13H2,(H,20,23). The van der Waals surface area contributed by atoms with Crippen LogP contribution in [0.2, 0.25) is 0 Å². The monoisotopic (exact) mass is 349 g/mol. The second-order valence-corrected chi connectivity index (χ2v) is 6.43. The summed E-state index contributed by atoms with van der Waals surface area (Å²) in [6, 6.07) is 20.6. The zero-order valence-electron chi connectivity index (χ0n) is 13.3. The Bertz CT molecular complexity index is 947. The molecule has 2 heterocycles. The van der Waals surface area contributed by atoms with E-state index in [1.165, 1.54) is 11.3 Å². The van der Waals surface area contributed by atoms with Gasteiger partial charge in [-0.25, -0.2) is 9.78 Å². The zero-order chi connectivity index (χ0) is 17.1. The summed E-state index contributed by atoms with van der Waals surface area (Å²) in [6.07, 6.45) is 1.60. The van der Waals surface area contributed by atoms with Gasteiger partial charge in [-0.1, -0.05) is 41.7 Å². The number of benzene rings is 2. The molecule has 2 aromatic heterocycles. The summed E-state index contributed by atoms with van der Waals surface area (Å²) in [7, 11) is 0. The van der Waals surface area contributed by atoms with E-state index in [1.807, 2.05) is 60.7 Å². The minimum atomic E-state index is -0.248. The summed E-state index contributed by atoms with van der Waals surface area (Å²) >= 11 is 1.48. The van der Waals surface area contributed by atoms with E-state index in [0.29, 0.717) is 17.4 Å². The molecule has 25 heavy (non-hydrogen) atoms. The van der Waals surface area contributed by atoms with Gasteiger partial charge in [-0.05, 0) is 36.4 Å². The van der Waals surface area contributed by atoms with Crippen LogP contribution in [0.5, 0.6) is 0 Å². The SMILES string of the molecule is O=C(Nc1ccccc1)N(Cc1ccco1)c1nc2ccccc2s1. The summed E-state index contributed by atoms with van der Waals surface area (Å²) in [4.78, 5) is 19.0. The average Bonchev–Trinajstić information content (AvgIpc) is 3.29. The molecule has 0 atom stereocenters. The average molecular weight is 349 g/mol. The molecular weight excluding hydrogens is 334 g/mol. The number of hydrogen-bond acceptors (Lipinski definition) is 4. The lowest BCUT2D eigenvalue weighted by Crippen LogP contribution is -2.34. The van der Waals surface area contributed by atoms with E-state index in [2.05, 4.69) is 10.3 Å². The lowest BCUT2D eigenvalue weighted by molar-refractivity contribution is 0.256. The van der Waals surface area contributed by atoms with Gasteiger partial charge < -0.3 is 9.73 Å². The van der Waals surface area contributed by atoms with Crippen molar-refractivity contribution in [2.45, 2.75) is 6.54 Å². The molecule has 124 valence electrons. The van der Waals surface area contributed by atoms with Crippen LogP contribution in [0.1, 0.15) is 5.76 Å². The number of rotatable bonds is 4. The number of anilines is 2. The van der Waals surface area contributed by atoms with Crippen LogP contribution < -0.4 is 10.2 Å². The van der Waals surface area contributed by atoms with E-state index >= 15 is 0 Å². The Hall–Kier alpha value is -3.12. The van der Waals surface area contributed by atoms with Crippen LogP contribution in [0.4, 0.5) is 15.6 Å². The summed E-state index contributed by atoms with van der Waals surface area (Å²) in [5, 5.41) is 3.54. The number of furan rings is 1. The minimum absolute atomic E-state index is 0.248. The minimum Gasteiger partial charge on any atom is -0.467 e. The second-order valence-electron chi connectivity index (χ2n) is 5.43. The van der Waals surface area contributed by atoms with E-state index < -0.39 is 0 Å². The number of thiazole rings is 1. The number of urea groups is 1. The molecule has 4 aromatic rings. The molecule has 0 aliphatic heterocycles. The van der Waals surface area contributed by atoms with Gasteiger partial charge >= 0.3 is 6.03 Å². The molecule has 0 aliphatic carbocycles. The number of carbonyl (C=O) groups is 1. The van der Waals surface area contributed by atoms with Gasteiger partial charge in [0.05, 0.1) is 23.0 Å². The van der Waals surface area contributed by atoms with Crippen molar-refractivity contribution >= 4 is 38.4 Å². The first-order chi connectivity index (χ1) is 12.3. The number of nitrogens with one attached hydrogen (secondary N) is 1. The Labute approximate surface area is 148 Å². The van der Waals surface area contributed by atoms with Crippen LogP contribution in [0.3, 0.4) is 0 Å². The van der Waals surface area contributed by atoms with E-state index in [-0.39, 0.29) is 6.03 Å². The molecule has 0 unspecified atom stereocenters. The van der Waals surface area contributed by atoms with Gasteiger partial charge in [-0.15, -0.1) is 0 Å². The molecule has 6 heteroatoms. The van der Waals surface area contributed by atoms with E-state index in [1.54, 1.807) is 17.2 Å². The van der Waals surface area contributed by atoms with Crippen molar-refractivity contribution in [3.05, 3.63) is 78.8 Å². The molecule has 2 aromatic carbocycles. The lowest BCUT2D eigenvalue weighted by atomic mass is 10.3. The quantitative estimate of drug-likeness (QED) is 0.556. The molecule has 0 aliphatic rings. The lowest BCUT2D eigenvalue weighted by Gasteiger charge is -2.19. The number of nitrogens with zero attached hydrogens (tertiary/aromatic N) is 2. The number of para-hydroxylation sites is 2. The predicted molar refractivity (Wildman–Crippen MR) is 100.0 cm³/mol. The van der Waals surface area contributed by atoms with Crippen LogP contribution in [0.15, 0.2) is 77.4 Å². The molecule has 2 amide bonds. The molecular formula is C19H15N3O2S. The molecule has 4 rings (SSSR count). The molecule has 0 spiro atoms. The van der Waals surface area contributed by atoms with E-state index in [0.717, 1.165) is 15.9 Å². The molecule has 5 nitrogen and oxygen atoms in total. The topological polar surface area (TPSA) is 58.4 Å². The summed E-state index contributed by atoms with van der Waals surface area (Å²) in [5.41, 5.74) is 1.61. The number of hydrogen-bond donors (Lipinski definition) is 1. The molecule has 0 saturated carbocycles. The van der Waals surface area contributed by atoms with Crippen molar-refractivity contribution in [1.29, 1.82) is 0 Å². The summed E-state index contributed by atoms with van der Waals surface area (Å²) in [5.74, 6) is 0.697. The number of aromatic nitrogens is 1. The highest BCUT2D eigenvalue weighted by Gasteiger charge is 2.21. The number of carbonyl (C=O) groups excluding carboxylic acids is 1. The highest BCUT2D eigenvalue weighted by Crippen LogP contribution is 2.30. The van der Waals surface area contributed by atoms with Crippen LogP contribution in [-0.4, -0.2) is 11.0 Å². The van der Waals surface area contributed by atoms with Crippen LogP contribution in [-0.2, 0) is 6.54 Å². The fraction of sp³-hybridized carbons (Fsp3) is 0.0526. The highest BCUT2D eigenvalue weighted by molar-refractivity contribution is 7.22. The fourth-order valence-electron chi connectivity index (χ4n) is 2.47. The molecule has 0 saturated heterocycles. The van der Waals surface area contributed by atoms with Crippen molar-refractivity contribution in [1.82, 2.24) is 4.98 Å². The fourth-order valence-corrected chi connectivity index (χ4v) is 3.44. The summed E-state index contributed by atoms with van der Waals surface area (Å²) in [6.45, 7) is 0.311. The van der Waals surface area contributed by atoms with Crippen molar-refractivity contribution in [2.24, 2.45) is 0 Å². The Balaban J connectivity index is 1.66. The van der Waals surface area contributed by atoms with Gasteiger partial charge in [0, 0.05) is 5.69 Å². The Kier molecular flexibility index (Phi) is 4.18. The van der Waals surface area contributed by atoms with Crippen molar-refractivity contribution < 1.29 is 9.21 Å². The third-order valence-electron chi connectivity index (χ3n) is 3.68. The Morgan fingerprint density at radius 3 is 2.60 bits per heavy atom. The normalized spacial score (nSPS) is 10.7. The Morgan fingerprint density at radius 1 is 1.04 bits per heavy atom. The van der Waals surface area contributed by atoms with Crippen LogP contribution >= 0.6 is 11.3 Å². The first-order valence-corrected chi connectivity index (χ1v) is 8.63. The van der Waals surface area contributed by atoms with Gasteiger partial charge in [-0.3, -0.25) is 4.90 Å². The maximum atomic E-state index is 12.9. The van der Waals surface area contributed by atoms with E-state index in [4.69, 9.17) is 4.42 Å². The van der Waals surface area contributed by atoms with Gasteiger partial charge in [0.2, 0.25) is 0 Å². The van der Waals surface area contributed by atoms with Gasteiger partial charge in [0.15, 0.2) is 5.13 Å². The van der Waals surface area contributed by atoms with Gasteiger partial charge in [-0.2, -0.15) is 0 Å². The van der Waals surface area contributed by atoms with Crippen molar-refractivity contribution in [2.75, 3.05) is 10.2 Å². The predicted octanol–water partition coefficient (Wildman–Crippen LogP) is 5.13. The van der Waals surface area contributed by atoms with E-state index in [9.17, 15) is 4.79 Å². The maximum Gasteiger partial charge on any atom is 0.328 e. The van der Waals surface area contributed by atoms with Crippen LogP contribution in [0, 0.1) is 0 Å². The van der Waals surface area contributed by atoms with Gasteiger partial charge in [0.25, 0.3) is 0 Å². The first kappa shape index (κ1) is 15.4. The molecule has 0 radical (unpaired) electrons. The maximum absolute atomic E-state index is 12.9. The second kappa shape index (κ2) is 6.78. The molecule has 0 fully saturated rings. The smallest absolute Gasteiger partial charge is 0.328 e. The number of fused-ring (bicyclic) bond motifs is 1. The third-order valence-corrected chi connectivity index (χ3v) is 4.74. The molecule has 1 N–H and O–H groups in total.